The van der Waals surface area contributed by atoms with E-state index in [-0.39, 0.29) is 6.29 Å². The largest absolute Gasteiger partial charge is 0.330 e. The van der Waals surface area contributed by atoms with E-state index in [2.05, 4.69) is 0 Å². The molecule has 13 heavy (non-hydrogen) atoms. The standard InChI is InChI=1S/C7H4F3NO2/c8-5-1-4(13)3(2-12)6(11-5)7(9)10/h1-2,7H,(H,11,13). The van der Waals surface area contributed by atoms with Crippen LogP contribution in [0.1, 0.15) is 22.5 Å². The van der Waals surface area contributed by atoms with Crippen LogP contribution in [-0.2, 0) is 0 Å². The maximum absolute atomic E-state index is 12.4. The summed E-state index contributed by atoms with van der Waals surface area (Å²) in [5.41, 5.74) is -2.78. The lowest BCUT2D eigenvalue weighted by Gasteiger charge is -2.02. The Morgan fingerprint density at radius 1 is 1.46 bits per heavy atom. The van der Waals surface area contributed by atoms with Gasteiger partial charge in [-0.2, -0.15) is 4.39 Å². The number of alkyl halides is 2. The molecule has 70 valence electrons. The van der Waals surface area contributed by atoms with Crippen molar-refractivity contribution in [1.82, 2.24) is 4.98 Å². The number of rotatable bonds is 2. The zero-order valence-corrected chi connectivity index (χ0v) is 6.18. The van der Waals surface area contributed by atoms with Gasteiger partial charge in [0.1, 0.15) is 0 Å². The normalized spacial score (nSPS) is 10.5. The maximum atomic E-state index is 12.4. The van der Waals surface area contributed by atoms with E-state index >= 15 is 0 Å². The summed E-state index contributed by atoms with van der Waals surface area (Å²) < 4.78 is 36.6. The summed E-state index contributed by atoms with van der Waals surface area (Å²) in [4.78, 5) is 22.6. The molecule has 0 aliphatic rings. The molecule has 1 rings (SSSR count). The second-order valence-electron chi connectivity index (χ2n) is 2.23. The van der Waals surface area contributed by atoms with Crippen LogP contribution in [0.4, 0.5) is 13.2 Å². The van der Waals surface area contributed by atoms with Crippen LogP contribution in [0.2, 0.25) is 0 Å². The van der Waals surface area contributed by atoms with Gasteiger partial charge >= 0.3 is 0 Å². The Hall–Kier alpha value is -1.59. The first-order valence-electron chi connectivity index (χ1n) is 3.22. The van der Waals surface area contributed by atoms with E-state index in [1.165, 1.54) is 0 Å². The van der Waals surface area contributed by atoms with Crippen LogP contribution >= 0.6 is 0 Å². The van der Waals surface area contributed by atoms with Gasteiger partial charge in [0.2, 0.25) is 0 Å². The molecular weight excluding hydrogens is 187 g/mol. The van der Waals surface area contributed by atoms with Gasteiger partial charge in [-0.1, -0.05) is 0 Å². The first-order chi connectivity index (χ1) is 6.06. The highest BCUT2D eigenvalue weighted by Crippen LogP contribution is 2.17. The van der Waals surface area contributed by atoms with Gasteiger partial charge in [0.05, 0.1) is 11.3 Å². The lowest BCUT2D eigenvalue weighted by Crippen LogP contribution is -2.14. The van der Waals surface area contributed by atoms with Gasteiger partial charge in [-0.3, -0.25) is 9.59 Å². The first kappa shape index (κ1) is 9.50. The molecule has 0 aliphatic carbocycles. The van der Waals surface area contributed by atoms with Gasteiger partial charge < -0.3 is 4.98 Å². The number of aromatic nitrogens is 1. The summed E-state index contributed by atoms with van der Waals surface area (Å²) in [5, 5.41) is 0. The van der Waals surface area contributed by atoms with Crippen LogP contribution in [0.15, 0.2) is 10.9 Å². The number of H-pyrrole nitrogens is 1. The molecule has 1 N–H and O–H groups in total. The second kappa shape index (κ2) is 3.42. The minimum absolute atomic E-state index is 0.0280. The van der Waals surface area contributed by atoms with Crippen molar-refractivity contribution < 1.29 is 18.0 Å². The number of aldehydes is 1. The molecule has 0 bridgehead atoms. The minimum atomic E-state index is -3.08. The van der Waals surface area contributed by atoms with Gasteiger partial charge in [0.25, 0.3) is 6.43 Å². The van der Waals surface area contributed by atoms with Gasteiger partial charge in [0.15, 0.2) is 17.7 Å². The van der Waals surface area contributed by atoms with Gasteiger partial charge in [-0.05, 0) is 0 Å². The third kappa shape index (κ3) is 1.77. The third-order valence-electron chi connectivity index (χ3n) is 1.40. The number of aromatic amines is 1. The summed E-state index contributed by atoms with van der Waals surface area (Å²) in [6, 6.07) is 0.440. The van der Waals surface area contributed by atoms with Gasteiger partial charge in [-0.15, -0.1) is 0 Å². The highest BCUT2D eigenvalue weighted by atomic mass is 19.3. The highest BCUT2D eigenvalue weighted by Gasteiger charge is 2.17. The SMILES string of the molecule is O=Cc1c(C(F)F)[nH]c(F)cc1=O. The smallest absolute Gasteiger partial charge is 0.279 e. The molecule has 0 spiro atoms. The molecule has 0 unspecified atom stereocenters. The maximum Gasteiger partial charge on any atom is 0.279 e. The predicted octanol–water partition coefficient (Wildman–Crippen LogP) is 1.26. The fraction of sp³-hybridized carbons (Fsp3) is 0.143. The molecule has 6 heteroatoms. The highest BCUT2D eigenvalue weighted by molar-refractivity contribution is 5.76. The molecule has 0 fully saturated rings. The lowest BCUT2D eigenvalue weighted by molar-refractivity contribution is 0.110. The van der Waals surface area contributed by atoms with Crippen molar-refractivity contribution in [1.29, 1.82) is 0 Å². The molecular formula is C7H4F3NO2. The fourth-order valence-corrected chi connectivity index (χ4v) is 0.851. The lowest BCUT2D eigenvalue weighted by atomic mass is 10.2. The van der Waals surface area contributed by atoms with Crippen LogP contribution in [0.5, 0.6) is 0 Å². The van der Waals surface area contributed by atoms with Gasteiger partial charge in [-0.25, -0.2) is 8.78 Å². The summed E-state index contributed by atoms with van der Waals surface area (Å²) in [7, 11) is 0. The number of hydrogen-bond donors (Lipinski definition) is 1. The molecule has 1 heterocycles. The Morgan fingerprint density at radius 3 is 2.54 bits per heavy atom. The van der Waals surface area contributed by atoms with Crippen molar-refractivity contribution in [2.24, 2.45) is 0 Å². The van der Waals surface area contributed by atoms with Crippen molar-refractivity contribution in [3.05, 3.63) is 33.5 Å². The minimum Gasteiger partial charge on any atom is -0.330 e. The Kier molecular flexibility index (Phi) is 2.50. The molecule has 0 saturated heterocycles. The average Bonchev–Trinajstić information content (AvgIpc) is 2.02. The number of halogens is 3. The molecule has 0 aromatic carbocycles. The van der Waals surface area contributed by atoms with Crippen molar-refractivity contribution >= 4 is 6.29 Å². The van der Waals surface area contributed by atoms with E-state index in [4.69, 9.17) is 0 Å². The van der Waals surface area contributed by atoms with Crippen molar-refractivity contribution in [3.63, 3.8) is 0 Å². The van der Waals surface area contributed by atoms with Crippen LogP contribution in [0.3, 0.4) is 0 Å². The molecule has 0 amide bonds. The Balaban J connectivity index is 3.47. The zero-order chi connectivity index (χ0) is 10.0. The molecule has 1 aromatic rings. The Labute approximate surface area is 70.2 Å². The predicted molar refractivity (Wildman–Crippen MR) is 37.4 cm³/mol. The topological polar surface area (TPSA) is 49.9 Å². The van der Waals surface area contributed by atoms with E-state index in [1.54, 1.807) is 4.98 Å². The number of carbonyl (C=O) groups excluding carboxylic acids is 1. The van der Waals surface area contributed by atoms with Crippen LogP contribution in [-0.4, -0.2) is 11.3 Å². The zero-order valence-electron chi connectivity index (χ0n) is 6.18. The molecule has 1 aromatic heterocycles. The van der Waals surface area contributed by atoms with E-state index in [1.807, 2.05) is 0 Å². The van der Waals surface area contributed by atoms with E-state index in [9.17, 15) is 22.8 Å². The second-order valence-corrected chi connectivity index (χ2v) is 2.23. The van der Waals surface area contributed by atoms with Crippen molar-refractivity contribution in [2.75, 3.05) is 0 Å². The van der Waals surface area contributed by atoms with Crippen LogP contribution in [0.25, 0.3) is 0 Å². The summed E-state index contributed by atoms with van der Waals surface area (Å²) in [6.45, 7) is 0. The number of pyridine rings is 1. The Morgan fingerprint density at radius 2 is 2.08 bits per heavy atom. The van der Waals surface area contributed by atoms with Crippen LogP contribution < -0.4 is 5.43 Å². The van der Waals surface area contributed by atoms with Gasteiger partial charge in [0, 0.05) is 6.07 Å². The van der Waals surface area contributed by atoms with E-state index < -0.39 is 29.1 Å². The summed E-state index contributed by atoms with van der Waals surface area (Å²) in [5.74, 6) is -1.19. The molecule has 0 saturated carbocycles. The molecule has 3 nitrogen and oxygen atoms in total. The van der Waals surface area contributed by atoms with Crippen molar-refractivity contribution in [3.8, 4) is 0 Å². The quantitative estimate of drug-likeness (QED) is 0.565. The molecule has 0 radical (unpaired) electrons. The number of hydrogen-bond acceptors (Lipinski definition) is 2. The summed E-state index contributed by atoms with van der Waals surface area (Å²) in [6.07, 6.45) is -3.11. The fourth-order valence-electron chi connectivity index (χ4n) is 0.851. The molecule has 0 aliphatic heterocycles. The Bertz CT molecular complexity index is 386. The van der Waals surface area contributed by atoms with E-state index in [0.29, 0.717) is 6.07 Å². The first-order valence-corrected chi connectivity index (χ1v) is 3.22. The summed E-state index contributed by atoms with van der Waals surface area (Å²) >= 11 is 0. The third-order valence-corrected chi connectivity index (χ3v) is 1.40. The number of carbonyl (C=O) groups is 1. The van der Waals surface area contributed by atoms with Crippen molar-refractivity contribution in [2.45, 2.75) is 6.43 Å². The number of nitrogens with one attached hydrogen (secondary N) is 1. The monoisotopic (exact) mass is 191 g/mol. The van der Waals surface area contributed by atoms with E-state index in [0.717, 1.165) is 0 Å². The van der Waals surface area contributed by atoms with Crippen LogP contribution in [0, 0.1) is 5.95 Å². The average molecular weight is 191 g/mol. The molecule has 0 atom stereocenters.